The SMILES string of the molecule is C/C1=C\CCC2(C)OC2CCC2(C)OC2COC1=O. The van der Waals surface area contributed by atoms with Crippen LogP contribution in [0, 0.1) is 0 Å². The molecule has 0 spiro atoms. The molecule has 0 aromatic heterocycles. The topological polar surface area (TPSA) is 51.4 Å². The molecule has 4 unspecified atom stereocenters. The van der Waals surface area contributed by atoms with E-state index in [1.165, 1.54) is 0 Å². The third-order valence-electron chi connectivity index (χ3n) is 4.75. The zero-order valence-corrected chi connectivity index (χ0v) is 11.9. The van der Waals surface area contributed by atoms with Gasteiger partial charge in [0.1, 0.15) is 12.7 Å². The van der Waals surface area contributed by atoms with Crippen molar-refractivity contribution in [3.63, 3.8) is 0 Å². The van der Waals surface area contributed by atoms with Gasteiger partial charge in [0.25, 0.3) is 0 Å². The van der Waals surface area contributed by atoms with Gasteiger partial charge in [-0.1, -0.05) is 6.08 Å². The molecule has 0 aromatic carbocycles. The van der Waals surface area contributed by atoms with Crippen molar-refractivity contribution in [3.05, 3.63) is 11.6 Å². The van der Waals surface area contributed by atoms with Gasteiger partial charge in [-0.2, -0.15) is 0 Å². The van der Waals surface area contributed by atoms with Crippen molar-refractivity contribution in [2.45, 2.75) is 69.9 Å². The lowest BCUT2D eigenvalue weighted by atomic mass is 9.94. The lowest BCUT2D eigenvalue weighted by Crippen LogP contribution is -2.18. The number of carbonyl (C=O) groups is 1. The van der Waals surface area contributed by atoms with Crippen LogP contribution in [0.3, 0.4) is 0 Å². The minimum absolute atomic E-state index is 0.00448. The maximum atomic E-state index is 11.8. The van der Waals surface area contributed by atoms with Crippen molar-refractivity contribution >= 4 is 5.97 Å². The van der Waals surface area contributed by atoms with Gasteiger partial charge >= 0.3 is 5.97 Å². The van der Waals surface area contributed by atoms with Gasteiger partial charge in [0.15, 0.2) is 0 Å². The van der Waals surface area contributed by atoms with Crippen molar-refractivity contribution < 1.29 is 19.0 Å². The predicted octanol–water partition coefficient (Wildman–Crippen LogP) is 2.36. The Bertz CT molecular complexity index is 430. The van der Waals surface area contributed by atoms with Crippen LogP contribution in [0.5, 0.6) is 0 Å². The van der Waals surface area contributed by atoms with E-state index in [1.807, 2.05) is 13.0 Å². The van der Waals surface area contributed by atoms with Crippen LogP contribution in [0.2, 0.25) is 0 Å². The zero-order valence-electron chi connectivity index (χ0n) is 11.9. The largest absolute Gasteiger partial charge is 0.459 e. The summed E-state index contributed by atoms with van der Waals surface area (Å²) in [5, 5.41) is 0. The molecule has 4 nitrogen and oxygen atoms in total. The summed E-state index contributed by atoms with van der Waals surface area (Å²) in [4.78, 5) is 11.8. The van der Waals surface area contributed by atoms with Gasteiger partial charge in [-0.15, -0.1) is 0 Å². The average Bonchev–Trinajstić information content (AvgIpc) is 3.20. The molecule has 0 aromatic rings. The number of ether oxygens (including phenoxy) is 3. The molecule has 2 saturated heterocycles. The lowest BCUT2D eigenvalue weighted by molar-refractivity contribution is -0.139. The highest BCUT2D eigenvalue weighted by molar-refractivity contribution is 5.87. The molecule has 2 fully saturated rings. The fraction of sp³-hybridized carbons (Fsp3) is 0.800. The van der Waals surface area contributed by atoms with Crippen molar-refractivity contribution in [1.82, 2.24) is 0 Å². The third-order valence-corrected chi connectivity index (χ3v) is 4.75. The van der Waals surface area contributed by atoms with Crippen LogP contribution in [0.25, 0.3) is 0 Å². The molecule has 3 rings (SSSR count). The summed E-state index contributed by atoms with van der Waals surface area (Å²) in [6.45, 7) is 6.42. The Labute approximate surface area is 114 Å². The van der Waals surface area contributed by atoms with Crippen LogP contribution in [0.15, 0.2) is 11.6 Å². The average molecular weight is 266 g/mol. The van der Waals surface area contributed by atoms with Crippen molar-refractivity contribution in [2.24, 2.45) is 0 Å². The molecule has 19 heavy (non-hydrogen) atoms. The van der Waals surface area contributed by atoms with Gasteiger partial charge in [-0.05, 0) is 46.5 Å². The van der Waals surface area contributed by atoms with Gasteiger partial charge in [-0.25, -0.2) is 4.79 Å². The van der Waals surface area contributed by atoms with E-state index in [-0.39, 0.29) is 23.3 Å². The molecule has 3 heterocycles. The quantitative estimate of drug-likeness (QED) is 0.499. The van der Waals surface area contributed by atoms with E-state index in [1.54, 1.807) is 0 Å². The number of carbonyl (C=O) groups excluding carboxylic acids is 1. The highest BCUT2D eigenvalue weighted by atomic mass is 16.6. The number of hydrogen-bond donors (Lipinski definition) is 0. The standard InChI is InChI=1S/C15H22O4/c1-10-5-4-7-14(2)11(18-14)6-8-15(3)12(19-15)9-17-13(10)16/h5,11-12H,4,6-9H2,1-3H3/b10-5+. The Morgan fingerprint density at radius 1 is 1.16 bits per heavy atom. The summed E-state index contributed by atoms with van der Waals surface area (Å²) < 4.78 is 16.8. The summed E-state index contributed by atoms with van der Waals surface area (Å²) in [6.07, 6.45) is 6.18. The lowest BCUT2D eigenvalue weighted by Gasteiger charge is -2.06. The first-order chi connectivity index (χ1) is 8.93. The first kappa shape index (κ1) is 13.1. The van der Waals surface area contributed by atoms with E-state index in [4.69, 9.17) is 14.2 Å². The number of cyclic esters (lactones) is 1. The molecule has 0 N–H and O–H groups in total. The molecular formula is C15H22O4. The van der Waals surface area contributed by atoms with Crippen molar-refractivity contribution in [3.8, 4) is 0 Å². The van der Waals surface area contributed by atoms with E-state index >= 15 is 0 Å². The van der Waals surface area contributed by atoms with Gasteiger partial charge in [-0.3, -0.25) is 0 Å². The molecule has 0 aliphatic carbocycles. The number of allylic oxidation sites excluding steroid dienone is 1. The number of epoxide rings is 2. The Hall–Kier alpha value is -0.870. The molecule has 0 bridgehead atoms. The molecule has 3 aliphatic heterocycles. The van der Waals surface area contributed by atoms with Crippen molar-refractivity contribution in [2.75, 3.05) is 6.61 Å². The summed E-state index contributed by atoms with van der Waals surface area (Å²) in [6, 6.07) is 0. The monoisotopic (exact) mass is 266 g/mol. The number of esters is 1. The minimum Gasteiger partial charge on any atom is -0.459 e. The molecule has 0 radical (unpaired) electrons. The number of rotatable bonds is 0. The van der Waals surface area contributed by atoms with Crippen LogP contribution in [0.4, 0.5) is 0 Å². The maximum absolute atomic E-state index is 11.8. The maximum Gasteiger partial charge on any atom is 0.333 e. The van der Waals surface area contributed by atoms with E-state index in [0.717, 1.165) is 25.7 Å². The molecular weight excluding hydrogens is 244 g/mol. The van der Waals surface area contributed by atoms with Gasteiger partial charge < -0.3 is 14.2 Å². The van der Waals surface area contributed by atoms with E-state index in [9.17, 15) is 4.79 Å². The summed E-state index contributed by atoms with van der Waals surface area (Å²) in [7, 11) is 0. The highest BCUT2D eigenvalue weighted by Crippen LogP contribution is 2.47. The second kappa shape index (κ2) is 4.32. The van der Waals surface area contributed by atoms with Crippen molar-refractivity contribution in [1.29, 1.82) is 0 Å². The predicted molar refractivity (Wildman–Crippen MR) is 69.7 cm³/mol. The van der Waals surface area contributed by atoms with E-state index in [2.05, 4.69) is 13.8 Å². The summed E-state index contributed by atoms with van der Waals surface area (Å²) in [5.74, 6) is -0.226. The highest BCUT2D eigenvalue weighted by Gasteiger charge is 2.56. The first-order valence-electron chi connectivity index (χ1n) is 7.12. The molecule has 106 valence electrons. The summed E-state index contributed by atoms with van der Waals surface area (Å²) in [5.41, 5.74) is 0.552. The van der Waals surface area contributed by atoms with Crippen LogP contribution in [-0.4, -0.2) is 36.0 Å². The van der Waals surface area contributed by atoms with Gasteiger partial charge in [0.05, 0.1) is 17.3 Å². The second-order valence-corrected chi connectivity index (χ2v) is 6.40. The third kappa shape index (κ3) is 2.56. The smallest absolute Gasteiger partial charge is 0.333 e. The molecule has 0 saturated carbocycles. The number of hydrogen-bond acceptors (Lipinski definition) is 4. The summed E-state index contributed by atoms with van der Waals surface area (Å²) >= 11 is 0. The Kier molecular flexibility index (Phi) is 2.98. The Balaban J connectivity index is 1.69. The fourth-order valence-electron chi connectivity index (χ4n) is 2.94. The van der Waals surface area contributed by atoms with Crippen LogP contribution >= 0.6 is 0 Å². The van der Waals surface area contributed by atoms with E-state index < -0.39 is 0 Å². The molecule has 3 aliphatic rings. The minimum atomic E-state index is -0.226. The van der Waals surface area contributed by atoms with E-state index in [0.29, 0.717) is 18.3 Å². The molecule has 0 amide bonds. The second-order valence-electron chi connectivity index (χ2n) is 6.40. The molecule has 4 heteroatoms. The fourth-order valence-corrected chi connectivity index (χ4v) is 2.94. The first-order valence-corrected chi connectivity index (χ1v) is 7.12. The Morgan fingerprint density at radius 2 is 1.84 bits per heavy atom. The zero-order chi connectivity index (χ0) is 13.7. The number of fused-ring (bicyclic) bond motifs is 2. The normalized spacial score (nSPS) is 49.2. The molecule has 4 atom stereocenters. The van der Waals surface area contributed by atoms with Crippen LogP contribution < -0.4 is 0 Å². The van der Waals surface area contributed by atoms with Gasteiger partial charge in [0, 0.05) is 5.57 Å². The Morgan fingerprint density at radius 3 is 2.63 bits per heavy atom. The van der Waals surface area contributed by atoms with Crippen LogP contribution in [0.1, 0.15) is 46.5 Å². The van der Waals surface area contributed by atoms with Crippen LogP contribution in [-0.2, 0) is 19.0 Å². The van der Waals surface area contributed by atoms with Gasteiger partial charge in [0.2, 0.25) is 0 Å².